The van der Waals surface area contributed by atoms with E-state index < -0.39 is 35.3 Å². The Morgan fingerprint density at radius 3 is 2.55 bits per heavy atom. The molecule has 7 atom stereocenters. The first-order valence-electron chi connectivity index (χ1n) is 16.3. The summed E-state index contributed by atoms with van der Waals surface area (Å²) in [5.41, 5.74) is 0.668. The number of allylic oxidation sites excluding steroid dienone is 1. The molecule has 4 aliphatic rings. The van der Waals surface area contributed by atoms with Crippen molar-refractivity contribution in [3.8, 4) is 11.5 Å². The van der Waals surface area contributed by atoms with Crippen LogP contribution in [0, 0.1) is 44.6 Å². The fraction of sp³-hybridized carbons (Fsp3) is 0.647. The number of unbranched alkanes of at least 4 members (excludes halogenated alkanes) is 1. The van der Waals surface area contributed by atoms with Crippen LogP contribution in [0.15, 0.2) is 29.8 Å². The van der Waals surface area contributed by atoms with Gasteiger partial charge in [-0.1, -0.05) is 19.4 Å². The summed E-state index contributed by atoms with van der Waals surface area (Å²) < 4.78 is 21.0. The highest BCUT2D eigenvalue weighted by molar-refractivity contribution is 5.92. The Bertz CT molecular complexity index is 1440. The average Bonchev–Trinajstić information content (AvgIpc) is 3.38. The molecule has 0 amide bonds. The van der Waals surface area contributed by atoms with Crippen LogP contribution in [0.4, 0.5) is 4.79 Å². The van der Waals surface area contributed by atoms with Crippen molar-refractivity contribution in [1.82, 2.24) is 0 Å². The fourth-order valence-corrected chi connectivity index (χ4v) is 9.04. The van der Waals surface area contributed by atoms with Crippen LogP contribution < -0.4 is 9.47 Å². The van der Waals surface area contributed by atoms with Crippen molar-refractivity contribution in [2.45, 2.75) is 77.7 Å². The molecule has 0 radical (unpaired) electrons. The van der Waals surface area contributed by atoms with E-state index in [0.29, 0.717) is 32.1 Å². The van der Waals surface area contributed by atoms with Crippen LogP contribution >= 0.6 is 0 Å². The molecule has 13 nitrogen and oxygen atoms in total. The van der Waals surface area contributed by atoms with Gasteiger partial charge in [-0.05, 0) is 104 Å². The minimum atomic E-state index is -1.10. The van der Waals surface area contributed by atoms with Gasteiger partial charge in [0.25, 0.3) is 5.09 Å². The van der Waals surface area contributed by atoms with Gasteiger partial charge in [-0.25, -0.2) is 9.59 Å². The summed E-state index contributed by atoms with van der Waals surface area (Å²) in [5, 5.41) is 20.9. The van der Waals surface area contributed by atoms with E-state index >= 15 is 0 Å². The molecule has 13 heteroatoms. The summed E-state index contributed by atoms with van der Waals surface area (Å²) in [6.45, 7) is 3.75. The molecule has 1 N–H and O–H groups in total. The third-order valence-corrected chi connectivity index (χ3v) is 11.2. The van der Waals surface area contributed by atoms with Crippen LogP contribution in [0.3, 0.4) is 0 Å². The quantitative estimate of drug-likeness (QED) is 0.104. The maximum Gasteiger partial charge on any atom is 0.514 e. The number of hydrogen-bond acceptors (Lipinski definition) is 12. The van der Waals surface area contributed by atoms with Gasteiger partial charge in [0.05, 0.1) is 32.0 Å². The van der Waals surface area contributed by atoms with E-state index in [0.717, 1.165) is 31.3 Å². The lowest BCUT2D eigenvalue weighted by Crippen LogP contribution is -2.57. The van der Waals surface area contributed by atoms with E-state index in [1.807, 2.05) is 6.08 Å². The zero-order valence-electron chi connectivity index (χ0n) is 27.1. The van der Waals surface area contributed by atoms with Gasteiger partial charge in [-0.2, -0.15) is 0 Å². The third-order valence-electron chi connectivity index (χ3n) is 11.2. The number of nitrogens with zero attached hydrogens (tertiary/aromatic N) is 1. The highest BCUT2D eigenvalue weighted by Gasteiger charge is 2.63. The highest BCUT2D eigenvalue weighted by atomic mass is 16.9. The molecule has 256 valence electrons. The number of benzene rings is 1. The van der Waals surface area contributed by atoms with Crippen LogP contribution in [-0.4, -0.2) is 66.9 Å². The number of fused-ring (bicyclic) bond motifs is 5. The number of aliphatic hydroxyl groups is 1. The summed E-state index contributed by atoms with van der Waals surface area (Å²) >= 11 is 0. The monoisotopic (exact) mass is 657 g/mol. The van der Waals surface area contributed by atoms with Gasteiger partial charge in [0, 0.05) is 12.3 Å². The van der Waals surface area contributed by atoms with Crippen LogP contribution in [-0.2, 0) is 23.9 Å². The molecule has 0 saturated heterocycles. The van der Waals surface area contributed by atoms with Gasteiger partial charge < -0.3 is 28.9 Å². The number of ether oxygens (including phenoxy) is 4. The van der Waals surface area contributed by atoms with Crippen molar-refractivity contribution in [2.75, 3.05) is 26.9 Å². The summed E-state index contributed by atoms with van der Waals surface area (Å²) in [4.78, 5) is 65.0. The van der Waals surface area contributed by atoms with E-state index in [1.54, 1.807) is 0 Å². The maximum atomic E-state index is 13.5. The molecule has 0 aliphatic heterocycles. The number of hydrogen-bond donors (Lipinski definition) is 1. The first-order valence-corrected chi connectivity index (χ1v) is 16.3. The Morgan fingerprint density at radius 1 is 1.04 bits per heavy atom. The normalized spacial score (nSPS) is 30.9. The molecular formula is C34H43NO12. The smallest absolute Gasteiger partial charge is 0.493 e. The number of Topliss-reactive ketones (excluding diaryl/α,β-unsaturated/α-hetero) is 1. The number of ketones is 2. The molecule has 5 rings (SSSR count). The van der Waals surface area contributed by atoms with Crippen LogP contribution in [0.5, 0.6) is 11.5 Å². The van der Waals surface area contributed by atoms with E-state index in [-0.39, 0.29) is 70.9 Å². The van der Waals surface area contributed by atoms with Crippen LogP contribution in [0.2, 0.25) is 0 Å². The highest BCUT2D eigenvalue weighted by Crippen LogP contribution is 2.66. The Hall–Kier alpha value is -4.00. The predicted molar refractivity (Wildman–Crippen MR) is 164 cm³/mol. The Labute approximate surface area is 273 Å². The van der Waals surface area contributed by atoms with Gasteiger partial charge in [-0.15, -0.1) is 10.1 Å². The molecule has 1 aromatic rings. The van der Waals surface area contributed by atoms with Gasteiger partial charge in [0.1, 0.15) is 0 Å². The van der Waals surface area contributed by atoms with E-state index in [9.17, 15) is 34.4 Å². The minimum absolute atomic E-state index is 0.0172. The lowest BCUT2D eigenvalue weighted by atomic mass is 9.46. The van der Waals surface area contributed by atoms with Crippen LogP contribution in [0.25, 0.3) is 0 Å². The summed E-state index contributed by atoms with van der Waals surface area (Å²) in [5.74, 6) is -0.450. The number of esters is 1. The molecular weight excluding hydrogens is 614 g/mol. The van der Waals surface area contributed by atoms with Crippen molar-refractivity contribution < 1.29 is 53.2 Å². The molecule has 0 heterocycles. The molecule has 47 heavy (non-hydrogen) atoms. The van der Waals surface area contributed by atoms with Gasteiger partial charge in [0.2, 0.25) is 0 Å². The molecule has 0 bridgehead atoms. The average molecular weight is 658 g/mol. The van der Waals surface area contributed by atoms with Crippen molar-refractivity contribution in [3.05, 3.63) is 45.5 Å². The fourth-order valence-electron chi connectivity index (χ4n) is 9.04. The van der Waals surface area contributed by atoms with E-state index in [1.165, 1.54) is 25.3 Å². The first kappa shape index (κ1) is 34.3. The number of carbonyl (C=O) groups is 4. The van der Waals surface area contributed by atoms with Crippen molar-refractivity contribution in [3.63, 3.8) is 0 Å². The van der Waals surface area contributed by atoms with Crippen molar-refractivity contribution >= 4 is 23.7 Å². The maximum absolute atomic E-state index is 13.5. The lowest BCUT2D eigenvalue weighted by molar-refractivity contribution is -0.757. The lowest BCUT2D eigenvalue weighted by Gasteiger charge is -2.59. The number of rotatable bonds is 12. The van der Waals surface area contributed by atoms with E-state index in [4.69, 9.17) is 18.9 Å². The zero-order valence-corrected chi connectivity index (χ0v) is 27.1. The molecule has 7 unspecified atom stereocenters. The second kappa shape index (κ2) is 14.0. The van der Waals surface area contributed by atoms with Crippen LogP contribution in [0.1, 0.15) is 82.0 Å². The Balaban J connectivity index is 1.14. The topological polar surface area (TPSA) is 178 Å². The van der Waals surface area contributed by atoms with Gasteiger partial charge in [-0.3, -0.25) is 9.59 Å². The first-order chi connectivity index (χ1) is 22.4. The number of methoxy groups -OCH3 is 1. The van der Waals surface area contributed by atoms with Crippen molar-refractivity contribution in [1.29, 1.82) is 0 Å². The largest absolute Gasteiger partial charge is 0.514 e. The molecule has 1 aromatic carbocycles. The second-order valence-electron chi connectivity index (χ2n) is 13.7. The molecule has 3 fully saturated rings. The number of aliphatic hydroxyl groups excluding tert-OH is 1. The van der Waals surface area contributed by atoms with E-state index in [2.05, 4.69) is 18.7 Å². The summed E-state index contributed by atoms with van der Waals surface area (Å²) in [6, 6.07) is 4.06. The zero-order chi connectivity index (χ0) is 33.9. The minimum Gasteiger partial charge on any atom is -0.493 e. The summed E-state index contributed by atoms with van der Waals surface area (Å²) in [7, 11) is 1.33. The molecule has 0 spiro atoms. The number of carbonyl (C=O) groups excluding carboxylic acids is 4. The molecule has 0 aromatic heterocycles. The molecule has 4 aliphatic carbocycles. The standard InChI is InChI=1S/C34H43NO12/c1-33-13-12-22(36)17-21(33)7-8-23-24-9-10-25(34(24,2)18-26(37)30(23)33)27(38)19-45-32(40)47-28-11-6-20(16-29(28)43-3)31(39)44-14-4-5-15-46-35(41)42/h6,11,16-17,23-26,30,37H,4-5,7-10,12-15,18-19H2,1-3H3. The Kier molecular flexibility index (Phi) is 10.2. The third kappa shape index (κ3) is 7.00. The van der Waals surface area contributed by atoms with Crippen molar-refractivity contribution in [2.24, 2.45) is 34.5 Å². The summed E-state index contributed by atoms with van der Waals surface area (Å²) in [6.07, 6.45) is 5.80. The molecule has 3 saturated carbocycles. The SMILES string of the molecule is COc1cc(C(=O)OCCCCO[N+](=O)[O-])ccc1OC(=O)OCC(=O)C1CCC2C3CCC4=CC(=O)CCC4(C)C3C(O)CC12C. The Morgan fingerprint density at radius 2 is 1.81 bits per heavy atom. The van der Waals surface area contributed by atoms with Gasteiger partial charge >= 0.3 is 12.1 Å². The predicted octanol–water partition coefficient (Wildman–Crippen LogP) is 5.04. The van der Waals surface area contributed by atoms with Gasteiger partial charge in [0.15, 0.2) is 29.7 Å². The second-order valence-corrected chi connectivity index (χ2v) is 13.7.